The molecule has 132 valence electrons. The van der Waals surface area contributed by atoms with Crippen LogP contribution >= 0.6 is 11.8 Å². The predicted octanol–water partition coefficient (Wildman–Crippen LogP) is 3.55. The minimum atomic E-state index is -0.195. The Kier molecular flexibility index (Phi) is 5.48. The standard InChI is InChI=1S/C19H24N4OS/c1-14(18-21-15-8-4-5-9-16(15)22(18)2)20-19(24)17(10-13-25-3)23-11-6-7-12-23/h4-9,11-12,14,17H,10,13H2,1-3H3,(H,20,24)/t14-,17+/m0/s1. The molecule has 2 atom stereocenters. The molecule has 0 bridgehead atoms. The van der Waals surface area contributed by atoms with Crippen molar-refractivity contribution < 1.29 is 4.79 Å². The number of aryl methyl sites for hydroxylation is 1. The molecule has 5 nitrogen and oxygen atoms in total. The Bertz CT molecular complexity index is 840. The Morgan fingerprint density at radius 3 is 2.64 bits per heavy atom. The van der Waals surface area contributed by atoms with Gasteiger partial charge in [-0.2, -0.15) is 11.8 Å². The van der Waals surface area contributed by atoms with E-state index < -0.39 is 0 Å². The summed E-state index contributed by atoms with van der Waals surface area (Å²) in [6.45, 7) is 1.99. The fourth-order valence-corrected chi connectivity index (χ4v) is 3.59. The molecule has 0 radical (unpaired) electrons. The van der Waals surface area contributed by atoms with Gasteiger partial charge in [0.25, 0.3) is 0 Å². The first kappa shape index (κ1) is 17.6. The first-order valence-corrected chi connectivity index (χ1v) is 9.84. The van der Waals surface area contributed by atoms with Crippen LogP contribution in [0.1, 0.15) is 31.3 Å². The lowest BCUT2D eigenvalue weighted by Crippen LogP contribution is -2.35. The minimum Gasteiger partial charge on any atom is -0.345 e. The maximum absolute atomic E-state index is 12.9. The zero-order valence-electron chi connectivity index (χ0n) is 14.8. The number of nitrogens with one attached hydrogen (secondary N) is 1. The maximum Gasteiger partial charge on any atom is 0.243 e. The number of nitrogens with zero attached hydrogens (tertiary/aromatic N) is 3. The number of para-hydroxylation sites is 2. The third-order valence-electron chi connectivity index (χ3n) is 4.45. The monoisotopic (exact) mass is 356 g/mol. The summed E-state index contributed by atoms with van der Waals surface area (Å²) >= 11 is 1.76. The zero-order chi connectivity index (χ0) is 17.8. The summed E-state index contributed by atoms with van der Waals surface area (Å²) in [5, 5.41) is 3.14. The second-order valence-corrected chi connectivity index (χ2v) is 7.16. The van der Waals surface area contributed by atoms with Gasteiger partial charge in [-0.1, -0.05) is 12.1 Å². The number of amides is 1. The van der Waals surface area contributed by atoms with Crippen molar-refractivity contribution in [3.05, 3.63) is 54.6 Å². The van der Waals surface area contributed by atoms with Gasteiger partial charge >= 0.3 is 0 Å². The van der Waals surface area contributed by atoms with Crippen LogP contribution in [0.5, 0.6) is 0 Å². The van der Waals surface area contributed by atoms with Crippen LogP contribution in [0.2, 0.25) is 0 Å². The Morgan fingerprint density at radius 2 is 1.96 bits per heavy atom. The number of hydrogen-bond acceptors (Lipinski definition) is 3. The van der Waals surface area contributed by atoms with E-state index in [2.05, 4.69) is 16.6 Å². The second kappa shape index (κ2) is 7.78. The first-order valence-electron chi connectivity index (χ1n) is 8.45. The smallest absolute Gasteiger partial charge is 0.243 e. The van der Waals surface area contributed by atoms with Crippen molar-refractivity contribution in [1.29, 1.82) is 0 Å². The van der Waals surface area contributed by atoms with E-state index in [1.165, 1.54) is 0 Å². The van der Waals surface area contributed by atoms with E-state index in [1.54, 1.807) is 11.8 Å². The largest absolute Gasteiger partial charge is 0.345 e. The molecule has 0 spiro atoms. The molecule has 3 aromatic rings. The molecular weight excluding hydrogens is 332 g/mol. The van der Waals surface area contributed by atoms with Crippen molar-refractivity contribution in [3.8, 4) is 0 Å². The van der Waals surface area contributed by atoms with Gasteiger partial charge in [0.15, 0.2) is 0 Å². The molecule has 1 amide bonds. The second-order valence-electron chi connectivity index (χ2n) is 6.18. The molecule has 0 aliphatic heterocycles. The van der Waals surface area contributed by atoms with Gasteiger partial charge < -0.3 is 14.5 Å². The summed E-state index contributed by atoms with van der Waals surface area (Å²) in [4.78, 5) is 17.6. The highest BCUT2D eigenvalue weighted by molar-refractivity contribution is 7.98. The van der Waals surface area contributed by atoms with E-state index in [1.807, 2.05) is 71.9 Å². The maximum atomic E-state index is 12.9. The first-order chi connectivity index (χ1) is 12.1. The zero-order valence-corrected chi connectivity index (χ0v) is 15.7. The summed E-state index contributed by atoms with van der Waals surface area (Å²) in [6, 6.07) is 11.6. The Hall–Kier alpha value is -2.21. The Balaban J connectivity index is 1.79. The fraction of sp³-hybridized carbons (Fsp3) is 0.368. The minimum absolute atomic E-state index is 0.0322. The van der Waals surface area contributed by atoms with Crippen molar-refractivity contribution in [1.82, 2.24) is 19.4 Å². The summed E-state index contributed by atoms with van der Waals surface area (Å²) in [6.07, 6.45) is 6.76. The highest BCUT2D eigenvalue weighted by Crippen LogP contribution is 2.21. The number of carbonyl (C=O) groups is 1. The fourth-order valence-electron chi connectivity index (χ4n) is 3.13. The van der Waals surface area contributed by atoms with E-state index in [-0.39, 0.29) is 18.0 Å². The van der Waals surface area contributed by atoms with Crippen LogP contribution < -0.4 is 5.32 Å². The van der Waals surface area contributed by atoms with Crippen molar-refractivity contribution in [3.63, 3.8) is 0 Å². The van der Waals surface area contributed by atoms with Crippen LogP contribution in [-0.2, 0) is 11.8 Å². The quantitative estimate of drug-likeness (QED) is 0.704. The number of benzene rings is 1. The summed E-state index contributed by atoms with van der Waals surface area (Å²) in [7, 11) is 1.99. The van der Waals surface area contributed by atoms with Crippen molar-refractivity contribution in [2.24, 2.45) is 7.05 Å². The molecular formula is C19H24N4OS. The van der Waals surface area contributed by atoms with E-state index >= 15 is 0 Å². The van der Waals surface area contributed by atoms with Crippen molar-refractivity contribution in [2.75, 3.05) is 12.0 Å². The lowest BCUT2D eigenvalue weighted by molar-refractivity contribution is -0.125. The Labute approximate surface area is 152 Å². The molecule has 0 fully saturated rings. The Morgan fingerprint density at radius 1 is 1.24 bits per heavy atom. The molecule has 0 saturated carbocycles. The van der Waals surface area contributed by atoms with Crippen LogP contribution in [0.3, 0.4) is 0 Å². The number of carbonyl (C=O) groups excluding carboxylic acids is 1. The van der Waals surface area contributed by atoms with Crippen LogP contribution in [0.25, 0.3) is 11.0 Å². The van der Waals surface area contributed by atoms with E-state index in [0.29, 0.717) is 0 Å². The van der Waals surface area contributed by atoms with Crippen LogP contribution in [0.15, 0.2) is 48.8 Å². The normalized spacial score (nSPS) is 13.7. The average molecular weight is 356 g/mol. The van der Waals surface area contributed by atoms with Crippen molar-refractivity contribution >= 4 is 28.7 Å². The number of aromatic nitrogens is 3. The highest BCUT2D eigenvalue weighted by atomic mass is 32.2. The third-order valence-corrected chi connectivity index (χ3v) is 5.10. The SMILES string of the molecule is CSCC[C@H](C(=O)N[C@@H](C)c1nc2ccccc2n1C)n1cccc1. The van der Waals surface area contributed by atoms with Gasteiger partial charge in [0.1, 0.15) is 11.9 Å². The molecule has 25 heavy (non-hydrogen) atoms. The molecule has 3 rings (SSSR count). The van der Waals surface area contributed by atoms with E-state index in [0.717, 1.165) is 29.0 Å². The van der Waals surface area contributed by atoms with E-state index in [9.17, 15) is 4.79 Å². The molecule has 1 N–H and O–H groups in total. The molecule has 0 aliphatic rings. The van der Waals surface area contributed by atoms with Gasteiger partial charge in [-0.3, -0.25) is 4.79 Å². The van der Waals surface area contributed by atoms with Gasteiger partial charge in [0.2, 0.25) is 5.91 Å². The molecule has 0 aliphatic carbocycles. The van der Waals surface area contributed by atoms with Crippen LogP contribution in [0.4, 0.5) is 0 Å². The lowest BCUT2D eigenvalue weighted by Gasteiger charge is -2.21. The van der Waals surface area contributed by atoms with Gasteiger partial charge in [-0.05, 0) is 49.6 Å². The molecule has 6 heteroatoms. The van der Waals surface area contributed by atoms with Gasteiger partial charge in [0, 0.05) is 19.4 Å². The van der Waals surface area contributed by atoms with E-state index in [4.69, 9.17) is 0 Å². The molecule has 0 saturated heterocycles. The summed E-state index contributed by atoms with van der Waals surface area (Å²) in [5.41, 5.74) is 2.02. The molecule has 2 aromatic heterocycles. The van der Waals surface area contributed by atoms with Crippen molar-refractivity contribution in [2.45, 2.75) is 25.4 Å². The third kappa shape index (κ3) is 3.74. The molecule has 1 aromatic carbocycles. The number of hydrogen-bond donors (Lipinski definition) is 1. The van der Waals surface area contributed by atoms with Gasteiger partial charge in [-0.25, -0.2) is 4.98 Å². The number of rotatable bonds is 7. The number of fused-ring (bicyclic) bond motifs is 1. The van der Waals surface area contributed by atoms with Crippen LogP contribution in [0, 0.1) is 0 Å². The van der Waals surface area contributed by atoms with Gasteiger partial charge in [-0.15, -0.1) is 0 Å². The summed E-state index contributed by atoms with van der Waals surface area (Å²) < 4.78 is 4.03. The lowest BCUT2D eigenvalue weighted by atomic mass is 10.2. The average Bonchev–Trinajstić information content (AvgIpc) is 3.24. The molecule has 0 unspecified atom stereocenters. The predicted molar refractivity (Wildman–Crippen MR) is 104 cm³/mol. The highest BCUT2D eigenvalue weighted by Gasteiger charge is 2.23. The van der Waals surface area contributed by atoms with Gasteiger partial charge in [0.05, 0.1) is 17.1 Å². The van der Waals surface area contributed by atoms with Crippen LogP contribution in [-0.4, -0.2) is 32.0 Å². The summed E-state index contributed by atoms with van der Waals surface area (Å²) in [5.74, 6) is 1.84. The number of imidazole rings is 1. The molecule has 2 heterocycles. The topological polar surface area (TPSA) is 51.9 Å². The number of thioether (sulfide) groups is 1.